The molecule has 0 bridgehead atoms. The van der Waals surface area contributed by atoms with Gasteiger partial charge in [-0.15, -0.1) is 11.3 Å². The fourth-order valence-electron chi connectivity index (χ4n) is 7.57. The van der Waals surface area contributed by atoms with Crippen LogP contribution in [0.4, 0.5) is 17.1 Å². The molecule has 0 aliphatic carbocycles. The zero-order valence-corrected chi connectivity index (χ0v) is 26.9. The summed E-state index contributed by atoms with van der Waals surface area (Å²) in [6.45, 7) is 0. The lowest BCUT2D eigenvalue weighted by atomic mass is 9.94. The van der Waals surface area contributed by atoms with Crippen molar-refractivity contribution >= 4 is 91.7 Å². The zero-order chi connectivity index (χ0) is 31.6. The van der Waals surface area contributed by atoms with Crippen LogP contribution in [0.25, 0.3) is 74.4 Å². The van der Waals surface area contributed by atoms with Gasteiger partial charge in [0.25, 0.3) is 0 Å². The SMILES string of the molecule is c1ccc2c(N(c3ccc(-c4ccc5sc6ccccc6c5c4)cc3)c3ccc4c5ccccc5c5ccccc5c4c3)cccc2c1. The summed E-state index contributed by atoms with van der Waals surface area (Å²) in [5.41, 5.74) is 5.87. The molecule has 1 aromatic heterocycles. The Morgan fingerprint density at radius 3 is 1.60 bits per heavy atom. The Morgan fingerprint density at radius 2 is 0.854 bits per heavy atom. The van der Waals surface area contributed by atoms with Crippen molar-refractivity contribution in [1.82, 2.24) is 0 Å². The van der Waals surface area contributed by atoms with Crippen molar-refractivity contribution < 1.29 is 0 Å². The highest BCUT2D eigenvalue weighted by Gasteiger charge is 2.18. The second kappa shape index (κ2) is 10.8. The van der Waals surface area contributed by atoms with Crippen molar-refractivity contribution in [3.8, 4) is 11.1 Å². The van der Waals surface area contributed by atoms with Gasteiger partial charge in [-0.2, -0.15) is 0 Å². The predicted molar refractivity (Wildman–Crippen MR) is 209 cm³/mol. The van der Waals surface area contributed by atoms with Gasteiger partial charge in [-0.05, 0) is 97.4 Å². The molecule has 0 unspecified atom stereocenters. The summed E-state index contributed by atoms with van der Waals surface area (Å²) < 4.78 is 2.66. The van der Waals surface area contributed by atoms with E-state index >= 15 is 0 Å². The van der Waals surface area contributed by atoms with Crippen LogP contribution in [0.5, 0.6) is 0 Å². The molecule has 0 amide bonds. The fraction of sp³-hybridized carbons (Fsp3) is 0. The average Bonchev–Trinajstić information content (AvgIpc) is 3.53. The van der Waals surface area contributed by atoms with E-state index in [0.29, 0.717) is 0 Å². The molecular formula is C46H29NS. The molecule has 0 fully saturated rings. The van der Waals surface area contributed by atoms with Gasteiger partial charge in [0.2, 0.25) is 0 Å². The molecule has 0 radical (unpaired) electrons. The van der Waals surface area contributed by atoms with Gasteiger partial charge >= 0.3 is 0 Å². The molecule has 224 valence electrons. The van der Waals surface area contributed by atoms with Gasteiger partial charge in [-0.3, -0.25) is 0 Å². The maximum absolute atomic E-state index is 2.42. The van der Waals surface area contributed by atoms with Crippen molar-refractivity contribution in [3.63, 3.8) is 0 Å². The van der Waals surface area contributed by atoms with Crippen LogP contribution in [-0.2, 0) is 0 Å². The molecule has 10 rings (SSSR count). The van der Waals surface area contributed by atoms with Gasteiger partial charge in [0.1, 0.15) is 0 Å². The second-order valence-electron chi connectivity index (χ2n) is 12.5. The molecule has 1 nitrogen and oxygen atoms in total. The molecule has 0 atom stereocenters. The molecule has 2 heteroatoms. The predicted octanol–water partition coefficient (Wildman–Crippen LogP) is 13.8. The first-order valence-electron chi connectivity index (χ1n) is 16.4. The molecule has 0 aliphatic rings. The number of fused-ring (bicyclic) bond motifs is 10. The minimum Gasteiger partial charge on any atom is -0.310 e. The van der Waals surface area contributed by atoms with Gasteiger partial charge in [0.05, 0.1) is 5.69 Å². The first kappa shape index (κ1) is 27.2. The molecule has 0 saturated carbocycles. The highest BCUT2D eigenvalue weighted by atomic mass is 32.1. The van der Waals surface area contributed by atoms with Crippen LogP contribution < -0.4 is 4.90 Å². The minimum atomic E-state index is 1.13. The lowest BCUT2D eigenvalue weighted by molar-refractivity contribution is 1.30. The van der Waals surface area contributed by atoms with Crippen molar-refractivity contribution in [1.29, 1.82) is 0 Å². The maximum Gasteiger partial charge on any atom is 0.0540 e. The molecule has 0 saturated heterocycles. The van der Waals surface area contributed by atoms with Crippen LogP contribution in [0.1, 0.15) is 0 Å². The van der Waals surface area contributed by atoms with Crippen LogP contribution in [0.15, 0.2) is 176 Å². The van der Waals surface area contributed by atoms with Gasteiger partial charge in [-0.1, -0.05) is 127 Å². The van der Waals surface area contributed by atoms with Crippen LogP contribution in [-0.4, -0.2) is 0 Å². The van der Waals surface area contributed by atoms with E-state index in [1.165, 1.54) is 74.4 Å². The Hall–Kier alpha value is -5.96. The van der Waals surface area contributed by atoms with Crippen molar-refractivity contribution in [2.45, 2.75) is 0 Å². The summed E-state index contributed by atoms with van der Waals surface area (Å²) >= 11 is 1.86. The molecule has 0 aliphatic heterocycles. The molecule has 0 spiro atoms. The summed E-state index contributed by atoms with van der Waals surface area (Å²) in [4.78, 5) is 2.42. The standard InChI is InChI=1S/C46H29NS/c1-2-12-35-31(10-1)11-9-18-44(35)47(34-25-26-40-38-15-4-3-13-36(38)37-14-5-6-16-39(37)42(40)29-34)33-23-20-30(21-24-33)32-22-27-46-43(28-32)41-17-7-8-19-45(41)48-46/h1-29H. The lowest BCUT2D eigenvalue weighted by Gasteiger charge is -2.27. The van der Waals surface area contributed by atoms with E-state index in [9.17, 15) is 0 Å². The first-order chi connectivity index (χ1) is 23.8. The van der Waals surface area contributed by atoms with Crippen molar-refractivity contribution in [2.24, 2.45) is 0 Å². The van der Waals surface area contributed by atoms with Crippen LogP contribution in [0.3, 0.4) is 0 Å². The average molecular weight is 628 g/mol. The number of benzene rings is 9. The number of nitrogens with zero attached hydrogens (tertiary/aromatic N) is 1. The second-order valence-corrected chi connectivity index (χ2v) is 13.6. The van der Waals surface area contributed by atoms with E-state index in [0.717, 1.165) is 17.1 Å². The molecule has 9 aromatic carbocycles. The molecule has 48 heavy (non-hydrogen) atoms. The zero-order valence-electron chi connectivity index (χ0n) is 26.1. The van der Waals surface area contributed by atoms with E-state index < -0.39 is 0 Å². The minimum absolute atomic E-state index is 1.13. The van der Waals surface area contributed by atoms with Crippen molar-refractivity contribution in [2.75, 3.05) is 4.90 Å². The summed E-state index contributed by atoms with van der Waals surface area (Å²) in [6, 6.07) is 64.6. The molecule has 1 heterocycles. The summed E-state index contributed by atoms with van der Waals surface area (Å²) in [7, 11) is 0. The number of anilines is 3. The quantitative estimate of drug-likeness (QED) is 0.176. The maximum atomic E-state index is 2.42. The fourth-order valence-corrected chi connectivity index (χ4v) is 8.66. The van der Waals surface area contributed by atoms with Crippen LogP contribution >= 0.6 is 11.3 Å². The number of hydrogen-bond donors (Lipinski definition) is 0. The highest BCUT2D eigenvalue weighted by molar-refractivity contribution is 7.25. The number of thiophene rings is 1. The van der Waals surface area contributed by atoms with E-state index in [4.69, 9.17) is 0 Å². The Morgan fingerprint density at radius 1 is 0.312 bits per heavy atom. The summed E-state index contributed by atoms with van der Waals surface area (Å²) in [6.07, 6.45) is 0. The lowest BCUT2D eigenvalue weighted by Crippen LogP contribution is -2.10. The van der Waals surface area contributed by atoms with Gasteiger partial charge < -0.3 is 4.90 Å². The van der Waals surface area contributed by atoms with Crippen molar-refractivity contribution in [3.05, 3.63) is 176 Å². The number of rotatable bonds is 4. The highest BCUT2D eigenvalue weighted by Crippen LogP contribution is 2.43. The third-order valence-electron chi connectivity index (χ3n) is 9.83. The van der Waals surface area contributed by atoms with E-state index in [1.807, 2.05) is 11.3 Å². The molecule has 10 aromatic rings. The van der Waals surface area contributed by atoms with E-state index in [2.05, 4.69) is 181 Å². The Balaban J connectivity index is 1.17. The van der Waals surface area contributed by atoms with Gasteiger partial charge in [0.15, 0.2) is 0 Å². The molecule has 0 N–H and O–H groups in total. The largest absolute Gasteiger partial charge is 0.310 e. The van der Waals surface area contributed by atoms with Gasteiger partial charge in [-0.25, -0.2) is 0 Å². The van der Waals surface area contributed by atoms with E-state index in [-0.39, 0.29) is 0 Å². The Kier molecular flexibility index (Phi) is 6.12. The first-order valence-corrected chi connectivity index (χ1v) is 17.2. The summed E-state index contributed by atoms with van der Waals surface area (Å²) in [5.74, 6) is 0. The monoisotopic (exact) mass is 627 g/mol. The third-order valence-corrected chi connectivity index (χ3v) is 11.0. The normalized spacial score (nSPS) is 11.8. The van der Waals surface area contributed by atoms with E-state index in [1.54, 1.807) is 0 Å². The van der Waals surface area contributed by atoms with Gasteiger partial charge in [0, 0.05) is 36.9 Å². The third kappa shape index (κ3) is 4.24. The summed E-state index contributed by atoms with van der Waals surface area (Å²) in [5, 5.41) is 12.8. The molecular weight excluding hydrogens is 599 g/mol. The topological polar surface area (TPSA) is 3.24 Å². The smallest absolute Gasteiger partial charge is 0.0540 e. The Labute approximate surface area is 282 Å². The number of hydrogen-bond acceptors (Lipinski definition) is 2. The Bertz CT molecular complexity index is 2800. The van der Waals surface area contributed by atoms with Crippen LogP contribution in [0, 0.1) is 0 Å². The van der Waals surface area contributed by atoms with Crippen LogP contribution in [0.2, 0.25) is 0 Å².